The summed E-state index contributed by atoms with van der Waals surface area (Å²) in [7, 11) is 0. The lowest BCUT2D eigenvalue weighted by Gasteiger charge is -2.39. The summed E-state index contributed by atoms with van der Waals surface area (Å²) >= 11 is 17.3. The first-order valence-corrected chi connectivity index (χ1v) is 17.8. The number of aromatic nitrogens is 3. The normalized spacial score (nSPS) is 19.9. The summed E-state index contributed by atoms with van der Waals surface area (Å²) < 4.78 is 13.8. The summed E-state index contributed by atoms with van der Waals surface area (Å²) in [6.45, 7) is 7.81. The van der Waals surface area contributed by atoms with Gasteiger partial charge in [0.05, 0.1) is 21.5 Å². The topological polar surface area (TPSA) is 163 Å². The number of rotatable bonds is 2. The summed E-state index contributed by atoms with van der Waals surface area (Å²) in [6, 6.07) is 13.0. The fourth-order valence-electron chi connectivity index (χ4n) is 7.64. The van der Waals surface area contributed by atoms with Crippen molar-refractivity contribution in [2.45, 2.75) is 51.6 Å². The second kappa shape index (κ2) is 11.6. The SMILES string of the molecule is CC(C)[C@@H]1NC(=O)[C@@H](N)Cc2cc(Br)c(O)c(c2)[C@@]2(C(C)C)c3cccc(c3O)-c3cccc4[nH]c(Cl)c(c34)-c3oc(nc3Cl)-c3nc1oc32. The molecule has 0 fully saturated rings. The molecule has 0 saturated heterocycles. The molecule has 3 aromatic heterocycles. The zero-order valence-corrected chi connectivity index (χ0v) is 30.5. The van der Waals surface area contributed by atoms with E-state index in [-0.39, 0.29) is 63.1 Å². The molecule has 0 saturated carbocycles. The van der Waals surface area contributed by atoms with Crippen LogP contribution in [0.4, 0.5) is 0 Å². The summed E-state index contributed by atoms with van der Waals surface area (Å²) in [4.78, 5) is 26.4. The van der Waals surface area contributed by atoms with E-state index in [0.717, 1.165) is 0 Å². The molecule has 3 aromatic carbocycles. The van der Waals surface area contributed by atoms with Crippen molar-refractivity contribution in [1.82, 2.24) is 20.3 Å². The molecular formula is C37H32BrCl2N5O5. The van der Waals surface area contributed by atoms with Gasteiger partial charge in [0.2, 0.25) is 11.8 Å². The van der Waals surface area contributed by atoms with Gasteiger partial charge in [-0.1, -0.05) is 87.3 Å². The van der Waals surface area contributed by atoms with Gasteiger partial charge in [-0.3, -0.25) is 4.79 Å². The third-order valence-electron chi connectivity index (χ3n) is 9.98. The Balaban J connectivity index is 1.63. The zero-order valence-electron chi connectivity index (χ0n) is 27.4. The number of nitrogens with one attached hydrogen (secondary N) is 2. The summed E-state index contributed by atoms with van der Waals surface area (Å²) in [6.07, 6.45) is 0.166. The highest BCUT2D eigenvalue weighted by atomic mass is 79.9. The van der Waals surface area contributed by atoms with Crippen molar-refractivity contribution in [2.24, 2.45) is 17.6 Å². The van der Waals surface area contributed by atoms with Crippen LogP contribution in [0.25, 0.3) is 44.9 Å². The number of carbonyl (C=O) groups is 1. The molecular weight excluding hydrogens is 745 g/mol. The highest BCUT2D eigenvalue weighted by Crippen LogP contribution is 2.58. The Bertz CT molecular complexity index is 2380. The number of para-hydroxylation sites is 1. The highest BCUT2D eigenvalue weighted by molar-refractivity contribution is 9.10. The lowest BCUT2D eigenvalue weighted by Crippen LogP contribution is -2.45. The number of nitrogens with zero attached hydrogens (tertiary/aromatic N) is 2. The van der Waals surface area contributed by atoms with Crippen LogP contribution in [-0.2, 0) is 16.6 Å². The van der Waals surface area contributed by atoms with Crippen molar-refractivity contribution in [3.05, 3.63) is 91.7 Å². The number of halogens is 3. The van der Waals surface area contributed by atoms with Gasteiger partial charge in [0.15, 0.2) is 22.4 Å². The van der Waals surface area contributed by atoms with Gasteiger partial charge in [0.1, 0.15) is 22.7 Å². The van der Waals surface area contributed by atoms with Crippen LogP contribution in [0.1, 0.15) is 62.1 Å². The van der Waals surface area contributed by atoms with Crippen molar-refractivity contribution in [2.75, 3.05) is 0 Å². The van der Waals surface area contributed by atoms with Crippen LogP contribution < -0.4 is 11.1 Å². The average molecular weight is 778 g/mol. The Labute approximate surface area is 305 Å². The van der Waals surface area contributed by atoms with E-state index in [0.29, 0.717) is 48.8 Å². The Hall–Kier alpha value is -4.29. The maximum atomic E-state index is 13.5. The number of carbonyl (C=O) groups excluding carboxylic acids is 1. The molecule has 10 nitrogen and oxygen atoms in total. The molecule has 13 heteroatoms. The molecule has 6 aromatic rings. The number of oxazole rings is 2. The summed E-state index contributed by atoms with van der Waals surface area (Å²) in [5, 5.41) is 28.7. The van der Waals surface area contributed by atoms with E-state index in [4.69, 9.17) is 42.8 Å². The molecule has 3 atom stereocenters. The van der Waals surface area contributed by atoms with Gasteiger partial charge in [-0.15, -0.1) is 0 Å². The van der Waals surface area contributed by atoms with Crippen LogP contribution in [0.5, 0.6) is 11.5 Å². The number of hydrogen-bond donors (Lipinski definition) is 5. The Morgan fingerprint density at radius 1 is 1.00 bits per heavy atom. The maximum Gasteiger partial charge on any atom is 0.250 e. The molecule has 50 heavy (non-hydrogen) atoms. The number of phenolic OH excluding ortho intramolecular Hbond substituents is 2. The largest absolute Gasteiger partial charge is 0.507 e. The van der Waals surface area contributed by atoms with Gasteiger partial charge in [-0.2, -0.15) is 4.98 Å². The van der Waals surface area contributed by atoms with E-state index in [9.17, 15) is 15.0 Å². The van der Waals surface area contributed by atoms with E-state index < -0.39 is 29.3 Å². The number of hydrogen-bond acceptors (Lipinski definition) is 8. The number of fused-ring (bicyclic) bond motifs is 12. The van der Waals surface area contributed by atoms with Crippen LogP contribution in [0.2, 0.25) is 10.3 Å². The average Bonchev–Trinajstić information content (AvgIpc) is 3.76. The minimum Gasteiger partial charge on any atom is -0.507 e. The van der Waals surface area contributed by atoms with Crippen LogP contribution in [0.15, 0.2) is 61.8 Å². The lowest BCUT2D eigenvalue weighted by atomic mass is 9.63. The summed E-state index contributed by atoms with van der Waals surface area (Å²) in [5.74, 6) is -0.533. The number of nitrogens with two attached hydrogens (primary N) is 1. The van der Waals surface area contributed by atoms with Gasteiger partial charge in [-0.25, -0.2) is 4.98 Å². The predicted octanol–water partition coefficient (Wildman–Crippen LogP) is 8.63. The van der Waals surface area contributed by atoms with E-state index in [2.05, 4.69) is 31.2 Å². The minimum atomic E-state index is -1.44. The number of aromatic hydroxyl groups is 2. The third-order valence-corrected chi connectivity index (χ3v) is 11.1. The fourth-order valence-corrected chi connectivity index (χ4v) is 8.64. The van der Waals surface area contributed by atoms with Gasteiger partial charge >= 0.3 is 0 Å². The molecule has 0 unspecified atom stereocenters. The number of benzene rings is 3. The molecule has 0 spiro atoms. The second-order valence-corrected chi connectivity index (χ2v) is 15.2. The molecule has 1 amide bonds. The minimum absolute atomic E-state index is 0.0225. The summed E-state index contributed by atoms with van der Waals surface area (Å²) in [5.41, 5.74) is 9.04. The first-order chi connectivity index (χ1) is 23.8. The van der Waals surface area contributed by atoms with E-state index >= 15 is 0 Å². The van der Waals surface area contributed by atoms with E-state index in [1.54, 1.807) is 12.1 Å². The highest BCUT2D eigenvalue weighted by Gasteiger charge is 2.51. The quantitative estimate of drug-likeness (QED) is 0.117. The molecule has 8 rings (SSSR count). The monoisotopic (exact) mass is 775 g/mol. The number of H-pyrrole nitrogens is 1. The molecule has 2 aliphatic rings. The third kappa shape index (κ3) is 4.60. The van der Waals surface area contributed by atoms with E-state index in [1.807, 2.05) is 64.1 Å². The molecule has 6 N–H and O–H groups in total. The fraction of sp³-hybridized carbons (Fsp3) is 0.270. The first-order valence-electron chi connectivity index (χ1n) is 16.2. The second-order valence-electron chi connectivity index (χ2n) is 13.6. The Morgan fingerprint density at radius 2 is 1.74 bits per heavy atom. The smallest absolute Gasteiger partial charge is 0.250 e. The molecule has 5 heterocycles. The van der Waals surface area contributed by atoms with Crippen molar-refractivity contribution >= 4 is 55.9 Å². The number of phenols is 2. The zero-order chi connectivity index (χ0) is 35.4. The van der Waals surface area contributed by atoms with Crippen LogP contribution in [0.3, 0.4) is 0 Å². The van der Waals surface area contributed by atoms with Crippen molar-refractivity contribution < 1.29 is 23.8 Å². The van der Waals surface area contributed by atoms with Gasteiger partial charge in [-0.05, 0) is 57.4 Å². The van der Waals surface area contributed by atoms with Gasteiger partial charge < -0.3 is 35.1 Å². The number of aromatic amines is 1. The van der Waals surface area contributed by atoms with Crippen LogP contribution in [0, 0.1) is 11.8 Å². The van der Waals surface area contributed by atoms with E-state index in [1.165, 1.54) is 0 Å². The Kier molecular flexibility index (Phi) is 7.65. The molecule has 2 aliphatic heterocycles. The van der Waals surface area contributed by atoms with Gasteiger partial charge in [0.25, 0.3) is 5.89 Å². The number of amides is 1. The van der Waals surface area contributed by atoms with Crippen molar-refractivity contribution in [3.8, 4) is 45.5 Å². The van der Waals surface area contributed by atoms with Crippen molar-refractivity contribution in [3.63, 3.8) is 0 Å². The van der Waals surface area contributed by atoms with Crippen LogP contribution >= 0.6 is 39.1 Å². The van der Waals surface area contributed by atoms with Crippen molar-refractivity contribution in [1.29, 1.82) is 0 Å². The predicted molar refractivity (Wildman–Crippen MR) is 194 cm³/mol. The first kappa shape index (κ1) is 32.9. The molecule has 8 bridgehead atoms. The molecule has 0 aliphatic carbocycles. The standard InChI is InChI=1S/C37H32BrCl2N5O5/c1-14(2)26-35-44-27-31(50-35)37(15(3)4,20-11-16(12-21(38)29(20)47)13-22(41)34(48)43-26)19-9-5-8-18(28(19)46)17-7-6-10-23-24(17)25(32(39)42-23)30-33(40)45-36(27)49-30/h5-12,14-15,22,26,42,46-47H,13,41H2,1-4H3,(H,43,48)/t22-,26-,37+/m0/s1. The molecule has 0 radical (unpaired) electrons. The van der Waals surface area contributed by atoms with Crippen LogP contribution in [-0.4, -0.2) is 37.1 Å². The van der Waals surface area contributed by atoms with Gasteiger partial charge in [0, 0.05) is 27.6 Å². The molecule has 256 valence electrons. The Morgan fingerprint density at radius 3 is 2.48 bits per heavy atom. The maximum absolute atomic E-state index is 13.5. The lowest BCUT2D eigenvalue weighted by molar-refractivity contribution is -0.123.